The van der Waals surface area contributed by atoms with Crippen molar-refractivity contribution in [1.82, 2.24) is 10.3 Å². The Morgan fingerprint density at radius 1 is 0.926 bits per heavy atom. The van der Waals surface area contributed by atoms with Crippen LogP contribution in [0.15, 0.2) is 58.8 Å². The van der Waals surface area contributed by atoms with E-state index < -0.39 is 15.9 Å². The first-order chi connectivity index (χ1) is 12.8. The third-order valence-electron chi connectivity index (χ3n) is 4.32. The molecule has 0 bridgehead atoms. The van der Waals surface area contributed by atoms with Crippen LogP contribution in [0.25, 0.3) is 11.1 Å². The third-order valence-corrected chi connectivity index (χ3v) is 6.48. The van der Waals surface area contributed by atoms with Gasteiger partial charge in [0.2, 0.25) is 0 Å². The van der Waals surface area contributed by atoms with Crippen molar-refractivity contribution >= 4 is 27.3 Å². The molecule has 2 N–H and O–H groups in total. The van der Waals surface area contributed by atoms with E-state index >= 15 is 0 Å². The quantitative estimate of drug-likeness (QED) is 0.637. The molecule has 1 heterocycles. The highest BCUT2D eigenvalue weighted by Gasteiger charge is 2.19. The fourth-order valence-corrected chi connectivity index (χ4v) is 4.29. The molecular weight excluding hydrogens is 380 g/mol. The molecule has 0 saturated carbocycles. The second-order valence-electron chi connectivity index (χ2n) is 6.34. The monoisotopic (exact) mass is 400 g/mol. The zero-order chi connectivity index (χ0) is 19.6. The molecule has 0 atom stereocenters. The number of carbonyl (C=O) groups excluding carboxylic acids is 1. The van der Waals surface area contributed by atoms with E-state index in [1.165, 1.54) is 17.4 Å². The van der Waals surface area contributed by atoms with Crippen LogP contribution in [-0.4, -0.2) is 14.3 Å². The highest BCUT2D eigenvalue weighted by Crippen LogP contribution is 2.28. The lowest BCUT2D eigenvalue weighted by atomic mass is 10.1. The molecule has 0 radical (unpaired) electrons. The third kappa shape index (κ3) is 4.27. The van der Waals surface area contributed by atoms with E-state index in [0.29, 0.717) is 4.88 Å². The minimum Gasteiger partial charge on any atom is -0.273 e. The largest absolute Gasteiger partial charge is 0.276 e. The Bertz CT molecular complexity index is 1080. The maximum absolute atomic E-state index is 12.5. The van der Waals surface area contributed by atoms with Gasteiger partial charge in [-0.1, -0.05) is 35.9 Å². The van der Waals surface area contributed by atoms with E-state index in [2.05, 4.69) is 10.3 Å². The first-order valence-corrected chi connectivity index (χ1v) is 10.7. The minimum absolute atomic E-state index is 0.107. The van der Waals surface area contributed by atoms with Gasteiger partial charge in [0.1, 0.15) is 4.88 Å². The lowest BCUT2D eigenvalue weighted by molar-refractivity contribution is 0.0950. The summed E-state index contributed by atoms with van der Waals surface area (Å²) in [7, 11) is -3.85. The van der Waals surface area contributed by atoms with Crippen LogP contribution >= 0.6 is 11.3 Å². The van der Waals surface area contributed by atoms with Crippen molar-refractivity contribution in [2.24, 2.45) is 0 Å². The Hall–Kier alpha value is -2.48. The summed E-state index contributed by atoms with van der Waals surface area (Å²) < 4.78 is 24.9. The van der Waals surface area contributed by atoms with Gasteiger partial charge in [0.15, 0.2) is 0 Å². The Morgan fingerprint density at radius 2 is 1.63 bits per heavy atom. The molecule has 3 rings (SSSR count). The van der Waals surface area contributed by atoms with Crippen molar-refractivity contribution in [3.63, 3.8) is 0 Å². The first kappa shape index (κ1) is 19.3. The summed E-state index contributed by atoms with van der Waals surface area (Å²) in [6.45, 7) is 5.74. The molecule has 0 fully saturated rings. The van der Waals surface area contributed by atoms with Gasteiger partial charge >= 0.3 is 0 Å². The van der Waals surface area contributed by atoms with Gasteiger partial charge < -0.3 is 0 Å². The molecule has 0 unspecified atom stereocenters. The average Bonchev–Trinajstić information content (AvgIpc) is 3.12. The number of nitrogens with one attached hydrogen (secondary N) is 2. The molecule has 0 aliphatic carbocycles. The van der Waals surface area contributed by atoms with Crippen LogP contribution in [-0.2, 0) is 10.0 Å². The van der Waals surface area contributed by atoms with Gasteiger partial charge in [-0.25, -0.2) is 8.42 Å². The zero-order valence-corrected chi connectivity index (χ0v) is 16.9. The number of thiophene rings is 1. The molecule has 2 aromatic carbocycles. The number of rotatable bonds is 5. The molecule has 140 valence electrons. The SMILES string of the molecule is Cc1ccc(-c2ccsc2C(=O)NNS(=O)(=O)c2ccc(C)c(C)c2)cc1. The number of carbonyl (C=O) groups is 1. The van der Waals surface area contributed by atoms with Crippen molar-refractivity contribution in [3.8, 4) is 11.1 Å². The number of amides is 1. The van der Waals surface area contributed by atoms with Crippen LogP contribution in [0.2, 0.25) is 0 Å². The molecule has 1 amide bonds. The molecule has 0 aliphatic heterocycles. The summed E-state index contributed by atoms with van der Waals surface area (Å²) in [4.78, 5) is 15.3. The van der Waals surface area contributed by atoms with Crippen LogP contribution in [0.1, 0.15) is 26.4 Å². The second-order valence-corrected chi connectivity index (χ2v) is 8.93. The fourth-order valence-electron chi connectivity index (χ4n) is 2.56. The summed E-state index contributed by atoms with van der Waals surface area (Å²) in [6.07, 6.45) is 0. The minimum atomic E-state index is -3.85. The van der Waals surface area contributed by atoms with Crippen molar-refractivity contribution in [1.29, 1.82) is 0 Å². The van der Waals surface area contributed by atoms with Crippen molar-refractivity contribution in [2.45, 2.75) is 25.7 Å². The van der Waals surface area contributed by atoms with E-state index in [-0.39, 0.29) is 4.90 Å². The first-order valence-electron chi connectivity index (χ1n) is 8.32. The molecule has 0 spiro atoms. The number of benzene rings is 2. The highest BCUT2D eigenvalue weighted by molar-refractivity contribution is 7.89. The van der Waals surface area contributed by atoms with Crippen LogP contribution in [0.5, 0.6) is 0 Å². The molecule has 27 heavy (non-hydrogen) atoms. The van der Waals surface area contributed by atoms with E-state index in [1.807, 2.05) is 56.5 Å². The van der Waals surface area contributed by atoms with E-state index in [1.54, 1.807) is 12.1 Å². The van der Waals surface area contributed by atoms with E-state index in [9.17, 15) is 13.2 Å². The highest BCUT2D eigenvalue weighted by atomic mass is 32.2. The predicted octanol–water partition coefficient (Wildman–Crippen LogP) is 3.96. The van der Waals surface area contributed by atoms with Gasteiger partial charge in [0.05, 0.1) is 4.90 Å². The average molecular weight is 401 g/mol. The van der Waals surface area contributed by atoms with Gasteiger partial charge in [-0.3, -0.25) is 10.2 Å². The molecule has 3 aromatic rings. The number of hydrogen-bond donors (Lipinski definition) is 2. The van der Waals surface area contributed by atoms with Gasteiger partial charge in [0, 0.05) is 5.56 Å². The normalized spacial score (nSPS) is 11.4. The van der Waals surface area contributed by atoms with Gasteiger partial charge in [-0.2, -0.15) is 0 Å². The van der Waals surface area contributed by atoms with Crippen molar-refractivity contribution in [3.05, 3.63) is 75.5 Å². The maximum Gasteiger partial charge on any atom is 0.276 e. The Labute approximate surface area is 163 Å². The summed E-state index contributed by atoms with van der Waals surface area (Å²) in [5.41, 5.74) is 6.98. The summed E-state index contributed by atoms with van der Waals surface area (Å²) in [6, 6.07) is 14.5. The van der Waals surface area contributed by atoms with Crippen molar-refractivity contribution < 1.29 is 13.2 Å². The smallest absolute Gasteiger partial charge is 0.273 e. The van der Waals surface area contributed by atoms with Gasteiger partial charge in [-0.05, 0) is 61.0 Å². The lowest BCUT2D eigenvalue weighted by Gasteiger charge is -2.10. The summed E-state index contributed by atoms with van der Waals surface area (Å²) in [5.74, 6) is -0.493. The summed E-state index contributed by atoms with van der Waals surface area (Å²) >= 11 is 1.26. The zero-order valence-electron chi connectivity index (χ0n) is 15.2. The fraction of sp³-hybridized carbons (Fsp3) is 0.150. The molecule has 0 aliphatic rings. The van der Waals surface area contributed by atoms with Gasteiger partial charge in [-0.15, -0.1) is 16.2 Å². The number of hydrazine groups is 1. The number of hydrogen-bond acceptors (Lipinski definition) is 4. The second kappa shape index (κ2) is 7.64. The predicted molar refractivity (Wildman–Crippen MR) is 108 cm³/mol. The number of sulfonamides is 1. The van der Waals surface area contributed by atoms with Crippen LogP contribution in [0.3, 0.4) is 0 Å². The Kier molecular flexibility index (Phi) is 5.46. The molecule has 1 aromatic heterocycles. The van der Waals surface area contributed by atoms with Crippen LogP contribution < -0.4 is 10.3 Å². The maximum atomic E-state index is 12.5. The topological polar surface area (TPSA) is 75.3 Å². The molecule has 7 heteroatoms. The summed E-state index contributed by atoms with van der Waals surface area (Å²) in [5, 5.41) is 1.81. The van der Waals surface area contributed by atoms with Crippen LogP contribution in [0, 0.1) is 20.8 Å². The van der Waals surface area contributed by atoms with E-state index in [4.69, 9.17) is 0 Å². The van der Waals surface area contributed by atoms with Gasteiger partial charge in [0.25, 0.3) is 15.9 Å². The van der Waals surface area contributed by atoms with Crippen molar-refractivity contribution in [2.75, 3.05) is 0 Å². The molecular formula is C20H20N2O3S2. The standard InChI is InChI=1S/C20H20N2O3S2/c1-13-4-7-16(8-5-13)18-10-11-26-19(18)20(23)21-22-27(24,25)17-9-6-14(2)15(3)12-17/h4-12,22H,1-3H3,(H,21,23). The Morgan fingerprint density at radius 3 is 2.30 bits per heavy atom. The Balaban J connectivity index is 1.77. The molecule has 0 saturated heterocycles. The van der Waals surface area contributed by atoms with Crippen LogP contribution in [0.4, 0.5) is 0 Å². The molecule has 5 nitrogen and oxygen atoms in total. The lowest BCUT2D eigenvalue weighted by Crippen LogP contribution is -2.41. The number of aryl methyl sites for hydroxylation is 3. The van der Waals surface area contributed by atoms with E-state index in [0.717, 1.165) is 27.8 Å².